The number of amides is 1. The molecule has 4 rings (SSSR count). The van der Waals surface area contributed by atoms with Gasteiger partial charge in [0.25, 0.3) is 0 Å². The van der Waals surface area contributed by atoms with Crippen LogP contribution in [0.3, 0.4) is 0 Å². The Balaban J connectivity index is 1.34. The highest BCUT2D eigenvalue weighted by Crippen LogP contribution is 2.26. The molecule has 1 aliphatic heterocycles. The number of piperidine rings is 1. The normalized spacial score (nSPS) is 15.5. The Morgan fingerprint density at radius 1 is 0.970 bits per heavy atom. The molecule has 7 nitrogen and oxygen atoms in total. The molecule has 0 atom stereocenters. The van der Waals surface area contributed by atoms with Gasteiger partial charge in [0.15, 0.2) is 5.82 Å². The van der Waals surface area contributed by atoms with E-state index < -0.39 is 10.0 Å². The number of nitrogens with zero attached hydrogens (tertiary/aromatic N) is 3. The van der Waals surface area contributed by atoms with Crippen molar-refractivity contribution in [2.24, 2.45) is 5.92 Å². The smallest absolute Gasteiger partial charge is 0.243 e. The van der Waals surface area contributed by atoms with Gasteiger partial charge in [0, 0.05) is 24.6 Å². The lowest BCUT2D eigenvalue weighted by atomic mass is 9.97. The highest BCUT2D eigenvalue weighted by Gasteiger charge is 2.32. The molecule has 1 fully saturated rings. The number of benzene rings is 2. The monoisotopic (exact) mass is 464 g/mol. The van der Waals surface area contributed by atoms with E-state index in [0.717, 1.165) is 11.1 Å². The number of hydrogen-bond donors (Lipinski definition) is 1. The third kappa shape index (κ3) is 5.29. The molecule has 8 heteroatoms. The van der Waals surface area contributed by atoms with Crippen molar-refractivity contribution in [2.75, 3.05) is 18.4 Å². The largest absolute Gasteiger partial charge is 0.323 e. The third-order valence-corrected chi connectivity index (χ3v) is 7.87. The van der Waals surface area contributed by atoms with Gasteiger partial charge in [-0.25, -0.2) is 18.4 Å². The minimum absolute atomic E-state index is 0.135. The summed E-state index contributed by atoms with van der Waals surface area (Å²) in [6, 6.07) is 16.7. The van der Waals surface area contributed by atoms with Crippen LogP contribution in [0.25, 0.3) is 11.4 Å². The zero-order chi connectivity index (χ0) is 23.4. The molecule has 33 heavy (non-hydrogen) atoms. The number of sulfonamides is 1. The van der Waals surface area contributed by atoms with Gasteiger partial charge in [-0.1, -0.05) is 56.3 Å². The van der Waals surface area contributed by atoms with E-state index in [9.17, 15) is 13.2 Å². The number of nitrogens with one attached hydrogen (secondary N) is 1. The standard InChI is InChI=1S/C25H28N4O3S/c1-18(2)19-8-10-23(11-9-19)33(31,32)29-14-12-21(13-15-29)25(30)28-22-16-26-24(27-17-22)20-6-4-3-5-7-20/h3-11,16-18,21H,12-15H2,1-2H3,(H,28,30). The topological polar surface area (TPSA) is 92.3 Å². The van der Waals surface area contributed by atoms with Crippen LogP contribution in [0, 0.1) is 5.92 Å². The number of aromatic nitrogens is 2. The average molecular weight is 465 g/mol. The van der Waals surface area contributed by atoms with Crippen molar-refractivity contribution in [3.05, 3.63) is 72.6 Å². The first kappa shape index (κ1) is 23.1. The van der Waals surface area contributed by atoms with Crippen LogP contribution in [0.2, 0.25) is 0 Å². The van der Waals surface area contributed by atoms with Gasteiger partial charge in [0.05, 0.1) is 23.0 Å². The summed E-state index contributed by atoms with van der Waals surface area (Å²) in [7, 11) is -3.56. The van der Waals surface area contributed by atoms with Crippen molar-refractivity contribution in [2.45, 2.75) is 37.5 Å². The predicted molar refractivity (Wildman–Crippen MR) is 128 cm³/mol. The first-order valence-electron chi connectivity index (χ1n) is 11.1. The molecule has 3 aromatic rings. The molecule has 172 valence electrons. The maximum atomic E-state index is 13.0. The van der Waals surface area contributed by atoms with E-state index in [0.29, 0.717) is 48.3 Å². The summed E-state index contributed by atoms with van der Waals surface area (Å²) in [5.41, 5.74) is 2.54. The van der Waals surface area contributed by atoms with Crippen molar-refractivity contribution in [1.29, 1.82) is 0 Å². The summed E-state index contributed by atoms with van der Waals surface area (Å²) in [6.45, 7) is 4.78. The molecule has 0 spiro atoms. The molecule has 1 saturated heterocycles. The molecular formula is C25H28N4O3S. The molecule has 2 heterocycles. The number of hydrogen-bond acceptors (Lipinski definition) is 5. The van der Waals surface area contributed by atoms with Crippen LogP contribution in [-0.4, -0.2) is 41.7 Å². The van der Waals surface area contributed by atoms with Crippen molar-refractivity contribution < 1.29 is 13.2 Å². The Bertz CT molecular complexity index is 1190. The first-order chi connectivity index (χ1) is 15.8. The molecule has 1 aromatic heterocycles. The van der Waals surface area contributed by atoms with Gasteiger partial charge in [0.1, 0.15) is 0 Å². The molecule has 0 aliphatic carbocycles. The van der Waals surface area contributed by atoms with Gasteiger partial charge in [-0.3, -0.25) is 4.79 Å². The Kier molecular flexibility index (Phi) is 6.85. The second kappa shape index (κ2) is 9.80. The molecule has 0 unspecified atom stereocenters. The van der Waals surface area contributed by atoms with Crippen molar-refractivity contribution in [3.63, 3.8) is 0 Å². The Labute approximate surface area is 194 Å². The quantitative estimate of drug-likeness (QED) is 0.587. The van der Waals surface area contributed by atoms with Gasteiger partial charge >= 0.3 is 0 Å². The summed E-state index contributed by atoms with van der Waals surface area (Å²) in [4.78, 5) is 21.7. The van der Waals surface area contributed by atoms with Crippen LogP contribution in [-0.2, 0) is 14.8 Å². The zero-order valence-electron chi connectivity index (χ0n) is 18.8. The van der Waals surface area contributed by atoms with Gasteiger partial charge in [-0.05, 0) is 36.5 Å². The van der Waals surface area contributed by atoms with E-state index in [1.54, 1.807) is 24.5 Å². The second-order valence-electron chi connectivity index (χ2n) is 8.55. The molecule has 1 N–H and O–H groups in total. The van der Waals surface area contributed by atoms with Crippen molar-refractivity contribution in [3.8, 4) is 11.4 Å². The number of carbonyl (C=O) groups is 1. The van der Waals surface area contributed by atoms with E-state index in [-0.39, 0.29) is 11.8 Å². The fraction of sp³-hybridized carbons (Fsp3) is 0.320. The van der Waals surface area contributed by atoms with Gasteiger partial charge < -0.3 is 5.32 Å². The van der Waals surface area contributed by atoms with Gasteiger partial charge in [-0.15, -0.1) is 0 Å². The van der Waals surface area contributed by atoms with Crippen LogP contribution in [0.5, 0.6) is 0 Å². The van der Waals surface area contributed by atoms with Gasteiger partial charge in [-0.2, -0.15) is 4.31 Å². The van der Waals surface area contributed by atoms with Gasteiger partial charge in [0.2, 0.25) is 15.9 Å². The molecule has 2 aromatic carbocycles. The van der Waals surface area contributed by atoms with E-state index in [4.69, 9.17) is 0 Å². The average Bonchev–Trinajstić information content (AvgIpc) is 2.85. The second-order valence-corrected chi connectivity index (χ2v) is 10.5. The molecule has 1 amide bonds. The van der Waals surface area contributed by atoms with Crippen molar-refractivity contribution in [1.82, 2.24) is 14.3 Å². The van der Waals surface area contributed by atoms with E-state index >= 15 is 0 Å². The first-order valence-corrected chi connectivity index (χ1v) is 12.6. The van der Waals surface area contributed by atoms with Crippen LogP contribution in [0.4, 0.5) is 5.69 Å². The summed E-state index contributed by atoms with van der Waals surface area (Å²) in [6.07, 6.45) is 4.12. The number of carbonyl (C=O) groups excluding carboxylic acids is 1. The number of rotatable bonds is 6. The van der Waals surface area contributed by atoms with Crippen LogP contribution in [0.1, 0.15) is 38.2 Å². The van der Waals surface area contributed by atoms with E-state index in [1.807, 2.05) is 42.5 Å². The summed E-state index contributed by atoms with van der Waals surface area (Å²) in [5.74, 6) is 0.544. The SMILES string of the molecule is CC(C)c1ccc(S(=O)(=O)N2CCC(C(=O)Nc3cnc(-c4ccccc4)nc3)CC2)cc1. The zero-order valence-corrected chi connectivity index (χ0v) is 19.6. The Morgan fingerprint density at radius 3 is 2.15 bits per heavy atom. The van der Waals surface area contributed by atoms with Crippen LogP contribution in [0.15, 0.2) is 71.9 Å². The number of anilines is 1. The Morgan fingerprint density at radius 2 is 1.58 bits per heavy atom. The fourth-order valence-electron chi connectivity index (χ4n) is 3.91. The molecule has 0 radical (unpaired) electrons. The summed E-state index contributed by atoms with van der Waals surface area (Å²) >= 11 is 0. The minimum Gasteiger partial charge on any atom is -0.323 e. The lowest BCUT2D eigenvalue weighted by Gasteiger charge is -2.30. The lowest BCUT2D eigenvalue weighted by molar-refractivity contribution is -0.120. The fourth-order valence-corrected chi connectivity index (χ4v) is 5.38. The summed E-state index contributed by atoms with van der Waals surface area (Å²) < 4.78 is 27.5. The lowest BCUT2D eigenvalue weighted by Crippen LogP contribution is -2.41. The highest BCUT2D eigenvalue weighted by atomic mass is 32.2. The maximum absolute atomic E-state index is 13.0. The highest BCUT2D eigenvalue weighted by molar-refractivity contribution is 7.89. The summed E-state index contributed by atoms with van der Waals surface area (Å²) in [5, 5.41) is 2.86. The third-order valence-electron chi connectivity index (χ3n) is 5.96. The molecule has 1 aliphatic rings. The molecule has 0 bridgehead atoms. The van der Waals surface area contributed by atoms with Crippen LogP contribution >= 0.6 is 0 Å². The predicted octanol–water partition coefficient (Wildman–Crippen LogP) is 4.31. The maximum Gasteiger partial charge on any atom is 0.243 e. The molecular weight excluding hydrogens is 436 g/mol. The minimum atomic E-state index is -3.56. The van der Waals surface area contributed by atoms with Crippen molar-refractivity contribution >= 4 is 21.6 Å². The van der Waals surface area contributed by atoms with Crippen LogP contribution < -0.4 is 5.32 Å². The Hall–Kier alpha value is -3.10. The van der Waals surface area contributed by atoms with E-state index in [2.05, 4.69) is 29.1 Å². The van der Waals surface area contributed by atoms with E-state index in [1.165, 1.54) is 4.31 Å². The molecule has 0 saturated carbocycles.